The zero-order chi connectivity index (χ0) is 13.7. The molecule has 19 heavy (non-hydrogen) atoms. The number of hydrogen-bond donors (Lipinski definition) is 1. The second-order valence-electron chi connectivity index (χ2n) is 3.92. The van der Waals surface area contributed by atoms with Crippen LogP contribution in [0.2, 0.25) is 10.0 Å². The van der Waals surface area contributed by atoms with E-state index in [-0.39, 0.29) is 0 Å². The number of hydrogen-bond acceptors (Lipinski definition) is 4. The Hall–Kier alpha value is -1.30. The number of ether oxygens (including phenoxy) is 1. The van der Waals surface area contributed by atoms with E-state index in [1.165, 1.54) is 6.20 Å². The van der Waals surface area contributed by atoms with Crippen LogP contribution in [0.15, 0.2) is 24.7 Å². The Morgan fingerprint density at radius 1 is 1.37 bits per heavy atom. The lowest BCUT2D eigenvalue weighted by Gasteiger charge is -2.08. The minimum atomic E-state index is 0.393. The molecule has 0 saturated carbocycles. The van der Waals surface area contributed by atoms with Gasteiger partial charge in [-0.05, 0) is 6.07 Å². The van der Waals surface area contributed by atoms with Crippen molar-refractivity contribution in [3.8, 4) is 5.88 Å². The molecule has 0 amide bonds. The summed E-state index contributed by atoms with van der Waals surface area (Å²) in [5.41, 5.74) is 0. The van der Waals surface area contributed by atoms with Crippen molar-refractivity contribution in [1.29, 1.82) is 0 Å². The van der Waals surface area contributed by atoms with Crippen LogP contribution in [-0.2, 0) is 13.6 Å². The average molecular weight is 301 g/mol. The van der Waals surface area contributed by atoms with Gasteiger partial charge in [-0.2, -0.15) is 0 Å². The molecule has 1 N–H and O–H groups in total. The summed E-state index contributed by atoms with van der Waals surface area (Å²) in [6.45, 7) is 1.83. The van der Waals surface area contributed by atoms with Crippen molar-refractivity contribution < 1.29 is 4.74 Å². The molecule has 2 aromatic heterocycles. The number of rotatable bonds is 6. The normalized spacial score (nSPS) is 10.7. The lowest BCUT2D eigenvalue weighted by Crippen LogP contribution is -2.22. The number of aryl methyl sites for hydroxylation is 1. The zero-order valence-electron chi connectivity index (χ0n) is 10.4. The number of halogens is 2. The summed E-state index contributed by atoms with van der Waals surface area (Å²) in [5, 5.41) is 4.13. The fourth-order valence-corrected chi connectivity index (χ4v) is 1.93. The second-order valence-corrected chi connectivity index (χ2v) is 4.76. The lowest BCUT2D eigenvalue weighted by molar-refractivity contribution is 0.301. The summed E-state index contributed by atoms with van der Waals surface area (Å²) in [6.07, 6.45) is 5.18. The standard InChI is InChI=1S/C12H14Cl2N4O/c1-18-4-2-16-11(18)8-15-3-5-19-12-10(14)6-9(13)7-17-12/h2,4,6-7,15H,3,5,8H2,1H3. The molecule has 0 fully saturated rings. The molecular weight excluding hydrogens is 287 g/mol. The molecule has 0 spiro atoms. The maximum absolute atomic E-state index is 5.94. The molecule has 0 aliphatic carbocycles. The summed E-state index contributed by atoms with van der Waals surface area (Å²) >= 11 is 11.7. The van der Waals surface area contributed by atoms with Crippen LogP contribution < -0.4 is 10.1 Å². The molecule has 7 heteroatoms. The third-order valence-electron chi connectivity index (χ3n) is 2.50. The number of nitrogens with one attached hydrogen (secondary N) is 1. The van der Waals surface area contributed by atoms with Gasteiger partial charge in [-0.3, -0.25) is 0 Å². The molecule has 0 unspecified atom stereocenters. The van der Waals surface area contributed by atoms with E-state index in [9.17, 15) is 0 Å². The fourth-order valence-electron chi connectivity index (χ4n) is 1.50. The van der Waals surface area contributed by atoms with Crippen molar-refractivity contribution in [3.63, 3.8) is 0 Å². The van der Waals surface area contributed by atoms with Gasteiger partial charge in [-0.15, -0.1) is 0 Å². The predicted molar refractivity (Wildman–Crippen MR) is 74.7 cm³/mol. The first-order valence-electron chi connectivity index (χ1n) is 5.77. The highest BCUT2D eigenvalue weighted by molar-refractivity contribution is 6.35. The highest BCUT2D eigenvalue weighted by Gasteiger charge is 2.04. The number of imidazole rings is 1. The van der Waals surface area contributed by atoms with Crippen molar-refractivity contribution in [3.05, 3.63) is 40.5 Å². The van der Waals surface area contributed by atoms with E-state index in [2.05, 4.69) is 15.3 Å². The molecule has 5 nitrogen and oxygen atoms in total. The van der Waals surface area contributed by atoms with Crippen LogP contribution >= 0.6 is 23.2 Å². The van der Waals surface area contributed by atoms with Crippen LogP contribution in [0.3, 0.4) is 0 Å². The second kappa shape index (κ2) is 6.75. The van der Waals surface area contributed by atoms with Crippen LogP contribution in [0.4, 0.5) is 0 Å². The van der Waals surface area contributed by atoms with Crippen molar-refractivity contribution in [2.75, 3.05) is 13.2 Å². The molecule has 2 aromatic rings. The van der Waals surface area contributed by atoms with Gasteiger partial charge in [-0.1, -0.05) is 23.2 Å². The fraction of sp³-hybridized carbons (Fsp3) is 0.333. The van der Waals surface area contributed by atoms with Crippen LogP contribution in [0.1, 0.15) is 5.82 Å². The molecule has 2 heterocycles. The molecule has 2 rings (SSSR count). The van der Waals surface area contributed by atoms with Crippen molar-refractivity contribution in [2.24, 2.45) is 7.05 Å². The molecule has 0 bridgehead atoms. The quantitative estimate of drug-likeness (QED) is 0.832. The summed E-state index contributed by atoms with van der Waals surface area (Å²) in [6, 6.07) is 1.60. The predicted octanol–water partition coefficient (Wildman–Crippen LogP) is 2.29. The highest BCUT2D eigenvalue weighted by atomic mass is 35.5. The lowest BCUT2D eigenvalue weighted by atomic mass is 10.5. The van der Waals surface area contributed by atoms with Crippen LogP contribution in [-0.4, -0.2) is 27.7 Å². The molecule has 0 aliphatic heterocycles. The van der Waals surface area contributed by atoms with Crippen LogP contribution in [0.25, 0.3) is 0 Å². The molecule has 0 saturated heterocycles. The Bertz CT molecular complexity index is 544. The third kappa shape index (κ3) is 4.09. The van der Waals surface area contributed by atoms with Gasteiger partial charge in [0.1, 0.15) is 17.5 Å². The topological polar surface area (TPSA) is 52.0 Å². The monoisotopic (exact) mass is 300 g/mol. The van der Waals surface area contributed by atoms with E-state index in [0.717, 1.165) is 5.82 Å². The van der Waals surface area contributed by atoms with Crippen molar-refractivity contribution >= 4 is 23.2 Å². The van der Waals surface area contributed by atoms with Gasteiger partial charge in [0.15, 0.2) is 0 Å². The number of nitrogens with zero attached hydrogens (tertiary/aromatic N) is 3. The van der Waals surface area contributed by atoms with Gasteiger partial charge in [0, 0.05) is 32.2 Å². The zero-order valence-corrected chi connectivity index (χ0v) is 11.9. The molecular formula is C12H14Cl2N4O. The molecule has 0 aromatic carbocycles. The third-order valence-corrected chi connectivity index (χ3v) is 2.97. The summed E-state index contributed by atoms with van der Waals surface area (Å²) in [7, 11) is 1.96. The van der Waals surface area contributed by atoms with E-state index in [1.807, 2.05) is 17.8 Å². The average Bonchev–Trinajstić information content (AvgIpc) is 2.77. The Morgan fingerprint density at radius 2 is 2.21 bits per heavy atom. The maximum Gasteiger partial charge on any atom is 0.232 e. The van der Waals surface area contributed by atoms with E-state index in [4.69, 9.17) is 27.9 Å². The Morgan fingerprint density at radius 3 is 2.89 bits per heavy atom. The smallest absolute Gasteiger partial charge is 0.232 e. The first-order valence-corrected chi connectivity index (χ1v) is 6.53. The molecule has 0 aliphatic rings. The van der Waals surface area contributed by atoms with Gasteiger partial charge in [-0.25, -0.2) is 9.97 Å². The van der Waals surface area contributed by atoms with Crippen molar-refractivity contribution in [2.45, 2.75) is 6.54 Å². The summed E-state index contributed by atoms with van der Waals surface area (Å²) < 4.78 is 7.41. The van der Waals surface area contributed by atoms with E-state index in [0.29, 0.717) is 35.6 Å². The maximum atomic E-state index is 5.94. The van der Waals surface area contributed by atoms with Crippen LogP contribution in [0.5, 0.6) is 5.88 Å². The minimum absolute atomic E-state index is 0.393. The van der Waals surface area contributed by atoms with E-state index >= 15 is 0 Å². The number of aromatic nitrogens is 3. The van der Waals surface area contributed by atoms with E-state index < -0.39 is 0 Å². The Balaban J connectivity index is 1.71. The molecule has 102 valence electrons. The first kappa shape index (κ1) is 14.1. The van der Waals surface area contributed by atoms with Gasteiger partial charge in [0.25, 0.3) is 0 Å². The van der Waals surface area contributed by atoms with Gasteiger partial charge >= 0.3 is 0 Å². The minimum Gasteiger partial charge on any atom is -0.475 e. The SMILES string of the molecule is Cn1ccnc1CNCCOc1ncc(Cl)cc1Cl. The largest absolute Gasteiger partial charge is 0.475 e. The Kier molecular flexibility index (Phi) is 5.01. The molecule has 0 atom stereocenters. The Labute approximate surface area is 121 Å². The summed E-state index contributed by atoms with van der Waals surface area (Å²) in [5.74, 6) is 1.37. The van der Waals surface area contributed by atoms with Crippen molar-refractivity contribution in [1.82, 2.24) is 19.9 Å². The van der Waals surface area contributed by atoms with Gasteiger partial charge in [0.2, 0.25) is 5.88 Å². The van der Waals surface area contributed by atoms with Crippen LogP contribution in [0, 0.1) is 0 Å². The van der Waals surface area contributed by atoms with Gasteiger partial charge < -0.3 is 14.6 Å². The summed E-state index contributed by atoms with van der Waals surface area (Å²) in [4.78, 5) is 8.22. The first-order chi connectivity index (χ1) is 9.16. The number of pyridine rings is 1. The van der Waals surface area contributed by atoms with Gasteiger partial charge in [0.05, 0.1) is 11.6 Å². The molecule has 0 radical (unpaired) electrons. The van der Waals surface area contributed by atoms with E-state index in [1.54, 1.807) is 12.3 Å². The highest BCUT2D eigenvalue weighted by Crippen LogP contribution is 2.24.